The summed E-state index contributed by atoms with van der Waals surface area (Å²) in [6, 6.07) is 11.8. The summed E-state index contributed by atoms with van der Waals surface area (Å²) in [6.07, 6.45) is 3.46. The molecule has 0 bridgehead atoms. The Balaban J connectivity index is 2.22. The molecule has 4 nitrogen and oxygen atoms in total. The smallest absolute Gasteiger partial charge is 0.335 e. The van der Waals surface area contributed by atoms with Crippen LogP contribution in [-0.2, 0) is 0 Å². The molecule has 0 unspecified atom stereocenters. The minimum Gasteiger partial charge on any atom is -0.478 e. The molecule has 1 heterocycles. The van der Waals surface area contributed by atoms with Crippen molar-refractivity contribution in [3.05, 3.63) is 60.4 Å². The van der Waals surface area contributed by atoms with Gasteiger partial charge in [0.15, 0.2) is 0 Å². The van der Waals surface area contributed by atoms with Crippen molar-refractivity contribution in [3.63, 3.8) is 0 Å². The molecule has 1 aromatic heterocycles. The number of aromatic carboxylic acids is 1. The summed E-state index contributed by atoms with van der Waals surface area (Å²) >= 11 is 0. The van der Waals surface area contributed by atoms with Crippen molar-refractivity contribution in [2.45, 2.75) is 0 Å². The maximum atomic E-state index is 10.7. The minimum absolute atomic E-state index is 0.203. The van der Waals surface area contributed by atoms with Crippen LogP contribution in [0.5, 0.6) is 5.75 Å². The van der Waals surface area contributed by atoms with Crippen molar-refractivity contribution in [2.24, 2.45) is 0 Å². The van der Waals surface area contributed by atoms with Gasteiger partial charge in [-0.3, -0.25) is 0 Å². The Morgan fingerprint density at radius 3 is 2.56 bits per heavy atom. The second-order valence-corrected chi connectivity index (χ2v) is 3.16. The highest BCUT2D eigenvalue weighted by atomic mass is 16.7. The fourth-order valence-electron chi connectivity index (χ4n) is 1.25. The summed E-state index contributed by atoms with van der Waals surface area (Å²) in [5.74, 6) is -0.486. The monoisotopic (exact) mass is 216 g/mol. The molecular formula is C12H10NO3+. The summed E-state index contributed by atoms with van der Waals surface area (Å²) in [6.45, 7) is 0. The van der Waals surface area contributed by atoms with Gasteiger partial charge in [0.25, 0.3) is 0 Å². The molecule has 0 saturated heterocycles. The number of carboxylic acids is 1. The Kier molecular flexibility index (Phi) is 2.82. The van der Waals surface area contributed by atoms with Crippen molar-refractivity contribution in [1.82, 2.24) is 0 Å². The lowest BCUT2D eigenvalue weighted by Gasteiger charge is -1.98. The third kappa shape index (κ3) is 2.36. The van der Waals surface area contributed by atoms with Gasteiger partial charge in [0.2, 0.25) is 18.1 Å². The van der Waals surface area contributed by atoms with E-state index in [1.54, 1.807) is 24.5 Å². The fourth-order valence-corrected chi connectivity index (χ4v) is 1.25. The molecule has 2 aromatic rings. The predicted molar refractivity (Wildman–Crippen MR) is 56.1 cm³/mol. The van der Waals surface area contributed by atoms with E-state index in [0.29, 0.717) is 5.75 Å². The number of nitrogens with zero attached hydrogens (tertiary/aromatic N) is 1. The summed E-state index contributed by atoms with van der Waals surface area (Å²) in [5, 5.41) is 8.81. The van der Waals surface area contributed by atoms with Crippen LogP contribution in [0, 0.1) is 0 Å². The fraction of sp³-hybridized carbons (Fsp3) is 0. The zero-order valence-corrected chi connectivity index (χ0v) is 8.41. The van der Waals surface area contributed by atoms with Gasteiger partial charge in [-0.05, 0) is 12.1 Å². The Hall–Kier alpha value is -2.36. The standard InChI is InChI=1S/C12H9NO3/c14-12(15)10-5-4-6-11(9-10)16-13-7-2-1-3-8-13/h1-9H/p+1. The van der Waals surface area contributed by atoms with E-state index in [-0.39, 0.29) is 5.56 Å². The van der Waals surface area contributed by atoms with Gasteiger partial charge in [0, 0.05) is 22.9 Å². The second-order valence-electron chi connectivity index (χ2n) is 3.16. The van der Waals surface area contributed by atoms with Gasteiger partial charge in [0.1, 0.15) is 0 Å². The van der Waals surface area contributed by atoms with Crippen molar-refractivity contribution < 1.29 is 19.5 Å². The van der Waals surface area contributed by atoms with Gasteiger partial charge in [-0.2, -0.15) is 0 Å². The summed E-state index contributed by atoms with van der Waals surface area (Å²) < 4.78 is 1.50. The highest BCUT2D eigenvalue weighted by Crippen LogP contribution is 2.11. The first-order valence-corrected chi connectivity index (χ1v) is 4.74. The molecule has 0 fully saturated rings. The Bertz CT molecular complexity index is 497. The molecule has 1 N–H and O–H groups in total. The number of carbonyl (C=O) groups is 1. The molecule has 0 radical (unpaired) electrons. The lowest BCUT2D eigenvalue weighted by atomic mass is 10.2. The van der Waals surface area contributed by atoms with Crippen LogP contribution in [-0.4, -0.2) is 11.1 Å². The van der Waals surface area contributed by atoms with E-state index in [0.717, 1.165) is 0 Å². The van der Waals surface area contributed by atoms with Crippen LogP contribution in [0.2, 0.25) is 0 Å². The van der Waals surface area contributed by atoms with E-state index in [9.17, 15) is 4.79 Å². The zero-order valence-electron chi connectivity index (χ0n) is 8.41. The maximum Gasteiger partial charge on any atom is 0.335 e. The van der Waals surface area contributed by atoms with E-state index in [4.69, 9.17) is 9.94 Å². The second kappa shape index (κ2) is 4.44. The van der Waals surface area contributed by atoms with E-state index >= 15 is 0 Å². The van der Waals surface area contributed by atoms with Gasteiger partial charge in [0.05, 0.1) is 5.56 Å². The van der Waals surface area contributed by atoms with Crippen molar-refractivity contribution in [2.75, 3.05) is 0 Å². The van der Waals surface area contributed by atoms with E-state index in [2.05, 4.69) is 0 Å². The molecule has 0 saturated carbocycles. The number of hydrogen-bond donors (Lipinski definition) is 1. The number of aromatic nitrogens is 1. The molecule has 0 atom stereocenters. The first-order valence-electron chi connectivity index (χ1n) is 4.74. The predicted octanol–water partition coefficient (Wildman–Crippen LogP) is 1.51. The number of hydrogen-bond acceptors (Lipinski definition) is 2. The van der Waals surface area contributed by atoms with Gasteiger partial charge in [-0.15, -0.1) is 0 Å². The minimum atomic E-state index is -0.969. The van der Waals surface area contributed by atoms with Gasteiger partial charge in [-0.1, -0.05) is 12.1 Å². The molecule has 2 rings (SSSR count). The van der Waals surface area contributed by atoms with Crippen LogP contribution >= 0.6 is 0 Å². The molecule has 4 heteroatoms. The lowest BCUT2D eigenvalue weighted by Crippen LogP contribution is -2.38. The molecule has 0 spiro atoms. The highest BCUT2D eigenvalue weighted by Gasteiger charge is 2.07. The topological polar surface area (TPSA) is 50.4 Å². The normalized spacial score (nSPS) is 9.75. The molecule has 1 aromatic carbocycles. The first kappa shape index (κ1) is 10.2. The van der Waals surface area contributed by atoms with Crippen molar-refractivity contribution >= 4 is 5.97 Å². The quantitative estimate of drug-likeness (QED) is 0.791. The Morgan fingerprint density at radius 1 is 1.12 bits per heavy atom. The molecular weight excluding hydrogens is 206 g/mol. The van der Waals surface area contributed by atoms with Crippen LogP contribution in [0.25, 0.3) is 0 Å². The van der Waals surface area contributed by atoms with Crippen LogP contribution in [0.4, 0.5) is 0 Å². The number of pyridine rings is 1. The zero-order chi connectivity index (χ0) is 11.4. The summed E-state index contributed by atoms with van der Waals surface area (Å²) in [5.41, 5.74) is 0.203. The van der Waals surface area contributed by atoms with Crippen LogP contribution in [0.15, 0.2) is 54.9 Å². The van der Waals surface area contributed by atoms with E-state index in [1.807, 2.05) is 18.2 Å². The summed E-state index contributed by atoms with van der Waals surface area (Å²) in [4.78, 5) is 16.2. The molecule has 80 valence electrons. The average Bonchev–Trinajstić information content (AvgIpc) is 2.30. The van der Waals surface area contributed by atoms with Crippen LogP contribution in [0.1, 0.15) is 10.4 Å². The van der Waals surface area contributed by atoms with E-state index in [1.165, 1.54) is 16.9 Å². The van der Waals surface area contributed by atoms with Gasteiger partial charge in [-0.25, -0.2) is 9.63 Å². The average molecular weight is 216 g/mol. The third-order valence-corrected chi connectivity index (χ3v) is 1.98. The number of benzene rings is 1. The first-order chi connectivity index (χ1) is 7.75. The molecule has 0 amide bonds. The summed E-state index contributed by atoms with van der Waals surface area (Å²) in [7, 11) is 0. The van der Waals surface area contributed by atoms with Crippen LogP contribution < -0.4 is 9.57 Å². The third-order valence-electron chi connectivity index (χ3n) is 1.98. The van der Waals surface area contributed by atoms with Crippen LogP contribution in [0.3, 0.4) is 0 Å². The maximum absolute atomic E-state index is 10.7. The number of carboxylic acid groups (broad SMARTS) is 1. The van der Waals surface area contributed by atoms with Crippen molar-refractivity contribution in [3.8, 4) is 5.75 Å². The largest absolute Gasteiger partial charge is 0.478 e. The lowest BCUT2D eigenvalue weighted by molar-refractivity contribution is -0.875. The number of rotatable bonds is 3. The molecule has 0 aliphatic rings. The van der Waals surface area contributed by atoms with Gasteiger partial charge >= 0.3 is 5.97 Å². The SMILES string of the molecule is O=C(O)c1cccc(O[n+]2ccccc2)c1. The molecule has 16 heavy (non-hydrogen) atoms. The van der Waals surface area contributed by atoms with Gasteiger partial charge < -0.3 is 5.11 Å². The molecule has 0 aliphatic carbocycles. The Labute approximate surface area is 92.3 Å². The molecule has 0 aliphatic heterocycles. The van der Waals surface area contributed by atoms with Crippen molar-refractivity contribution in [1.29, 1.82) is 0 Å². The Morgan fingerprint density at radius 2 is 1.88 bits per heavy atom. The van der Waals surface area contributed by atoms with E-state index < -0.39 is 5.97 Å². The highest BCUT2D eigenvalue weighted by molar-refractivity contribution is 5.87.